The molecule has 1 saturated carbocycles. The number of alkyl halides is 13. The van der Waals surface area contributed by atoms with E-state index >= 15 is 0 Å². The highest BCUT2D eigenvalue weighted by Gasteiger charge is 3.05. The van der Waals surface area contributed by atoms with E-state index in [-0.39, 0.29) is 0 Å². The van der Waals surface area contributed by atoms with Crippen LogP contribution in [0.1, 0.15) is 0 Å². The lowest BCUT2D eigenvalue weighted by Gasteiger charge is -2.54. The molecule has 0 aromatic heterocycles. The SMILES string of the molecule is OOSC1(F)C(F)(F)C(F)(F)C(F)(C(F)(F)F)C(F)(F)C1(F)F. The Bertz CT molecular complexity index is 457. The van der Waals surface area contributed by atoms with Gasteiger partial charge < -0.3 is 0 Å². The molecule has 0 saturated heterocycles. The molecule has 1 aliphatic rings. The third kappa shape index (κ3) is 1.82. The van der Waals surface area contributed by atoms with Crippen LogP contribution in [0.4, 0.5) is 57.1 Å². The van der Waals surface area contributed by atoms with Crippen molar-refractivity contribution in [3.05, 3.63) is 0 Å². The molecular weight excluding hydrogens is 395 g/mol. The fraction of sp³-hybridized carbons (Fsp3) is 1.00. The van der Waals surface area contributed by atoms with Crippen LogP contribution in [0.15, 0.2) is 0 Å². The first-order valence-electron chi connectivity index (χ1n) is 4.76. The summed E-state index contributed by atoms with van der Waals surface area (Å²) in [7, 11) is 0. The normalized spacial score (nSPS) is 38.3. The average molecular weight is 396 g/mol. The highest BCUT2D eigenvalue weighted by Crippen LogP contribution is 2.74. The van der Waals surface area contributed by atoms with Crippen molar-refractivity contribution in [2.45, 2.75) is 40.5 Å². The summed E-state index contributed by atoms with van der Waals surface area (Å²) in [4.78, 5) is 0. The van der Waals surface area contributed by atoms with Gasteiger partial charge in [-0.15, -0.1) is 0 Å². The quantitative estimate of drug-likeness (QED) is 0.320. The second-order valence-corrected chi connectivity index (χ2v) is 5.09. The summed E-state index contributed by atoms with van der Waals surface area (Å²) in [6.07, 6.45) is -7.65. The second-order valence-electron chi connectivity index (χ2n) is 4.21. The van der Waals surface area contributed by atoms with Crippen LogP contribution in [-0.2, 0) is 4.33 Å². The van der Waals surface area contributed by atoms with Crippen LogP contribution in [-0.4, -0.2) is 45.8 Å². The summed E-state index contributed by atoms with van der Waals surface area (Å²) in [6.45, 7) is 0. The predicted octanol–water partition coefficient (Wildman–Crippen LogP) is 4.62. The van der Waals surface area contributed by atoms with Gasteiger partial charge in [0.25, 0.3) is 0 Å². The van der Waals surface area contributed by atoms with Crippen molar-refractivity contribution in [2.75, 3.05) is 0 Å². The standard InChI is InChI=1S/C7HF13O2S/c8-1(7(18,19)20)2(9,10)4(13,14)6(17,23-22-21)5(15,16)3(1,11)12/h21H. The minimum absolute atomic E-state index is 2.31. The van der Waals surface area contributed by atoms with E-state index in [1.807, 2.05) is 0 Å². The maximum Gasteiger partial charge on any atom is 0.435 e. The highest BCUT2D eigenvalue weighted by atomic mass is 32.2. The van der Waals surface area contributed by atoms with E-state index < -0.39 is 52.6 Å². The molecule has 0 heterocycles. The van der Waals surface area contributed by atoms with Crippen molar-refractivity contribution in [3.8, 4) is 0 Å². The fourth-order valence-electron chi connectivity index (χ4n) is 1.74. The van der Waals surface area contributed by atoms with Gasteiger partial charge >= 0.3 is 40.5 Å². The first kappa shape index (κ1) is 20.4. The maximum absolute atomic E-state index is 13.5. The summed E-state index contributed by atoms with van der Waals surface area (Å²) in [5, 5.41) is 0.979. The summed E-state index contributed by atoms with van der Waals surface area (Å²) in [5.74, 6) is -30.2. The molecule has 0 amide bonds. The van der Waals surface area contributed by atoms with Crippen LogP contribution >= 0.6 is 12.0 Å². The smallest absolute Gasteiger partial charge is 0.239 e. The monoisotopic (exact) mass is 396 g/mol. The van der Waals surface area contributed by atoms with E-state index in [9.17, 15) is 57.1 Å². The maximum atomic E-state index is 13.5. The second kappa shape index (κ2) is 4.71. The van der Waals surface area contributed by atoms with Crippen molar-refractivity contribution in [2.24, 2.45) is 0 Å². The molecule has 1 aliphatic carbocycles. The third-order valence-corrected chi connectivity index (χ3v) is 3.82. The molecule has 0 atom stereocenters. The van der Waals surface area contributed by atoms with Gasteiger partial charge in [0.05, 0.1) is 12.0 Å². The van der Waals surface area contributed by atoms with E-state index in [0.717, 1.165) is 0 Å². The summed E-state index contributed by atoms with van der Waals surface area (Å²) < 4.78 is 171. The molecule has 138 valence electrons. The molecule has 16 heteroatoms. The largest absolute Gasteiger partial charge is 0.435 e. The van der Waals surface area contributed by atoms with E-state index in [4.69, 9.17) is 5.26 Å². The highest BCUT2D eigenvalue weighted by molar-refractivity contribution is 7.96. The van der Waals surface area contributed by atoms with Crippen molar-refractivity contribution in [1.82, 2.24) is 0 Å². The van der Waals surface area contributed by atoms with E-state index in [1.165, 1.54) is 0 Å². The van der Waals surface area contributed by atoms with Crippen LogP contribution < -0.4 is 0 Å². The molecule has 0 spiro atoms. The lowest BCUT2D eigenvalue weighted by atomic mass is 9.72. The molecule has 0 unspecified atom stereocenters. The van der Waals surface area contributed by atoms with Crippen molar-refractivity contribution < 1.29 is 66.7 Å². The molecule has 0 aliphatic heterocycles. The van der Waals surface area contributed by atoms with E-state index in [1.54, 1.807) is 0 Å². The number of hydrogen-bond acceptors (Lipinski definition) is 3. The molecule has 23 heavy (non-hydrogen) atoms. The van der Waals surface area contributed by atoms with Gasteiger partial charge in [0.1, 0.15) is 0 Å². The molecule has 0 radical (unpaired) electrons. The van der Waals surface area contributed by atoms with Gasteiger partial charge in [0, 0.05) is 0 Å². The van der Waals surface area contributed by atoms with Crippen LogP contribution in [0.5, 0.6) is 0 Å². The van der Waals surface area contributed by atoms with Gasteiger partial charge in [-0.2, -0.15) is 52.6 Å². The summed E-state index contributed by atoms with van der Waals surface area (Å²) in [5.41, 5.74) is -7.83. The molecule has 2 nitrogen and oxygen atoms in total. The van der Waals surface area contributed by atoms with E-state index in [0.29, 0.717) is 0 Å². The van der Waals surface area contributed by atoms with Gasteiger partial charge in [0.2, 0.25) is 0 Å². The molecule has 1 fully saturated rings. The van der Waals surface area contributed by atoms with Gasteiger partial charge in [0.15, 0.2) is 0 Å². The summed E-state index contributed by atoms with van der Waals surface area (Å²) in [6, 6.07) is 0. The zero-order valence-corrected chi connectivity index (χ0v) is 10.5. The Hall–Kier alpha value is -0.640. The van der Waals surface area contributed by atoms with Crippen molar-refractivity contribution in [1.29, 1.82) is 0 Å². The Morgan fingerprint density at radius 3 is 1.17 bits per heavy atom. The van der Waals surface area contributed by atoms with Crippen LogP contribution in [0.2, 0.25) is 0 Å². The zero-order valence-electron chi connectivity index (χ0n) is 9.68. The average Bonchev–Trinajstić information content (AvgIpc) is 2.34. The zero-order chi connectivity index (χ0) is 18.9. The van der Waals surface area contributed by atoms with Gasteiger partial charge in [-0.05, 0) is 0 Å². The van der Waals surface area contributed by atoms with Gasteiger partial charge in [-0.1, -0.05) is 0 Å². The fourth-order valence-corrected chi connectivity index (χ4v) is 2.31. The first-order chi connectivity index (χ1) is 9.81. The Morgan fingerprint density at radius 1 is 0.652 bits per heavy atom. The molecule has 0 aromatic carbocycles. The molecule has 0 aromatic rings. The van der Waals surface area contributed by atoms with Crippen LogP contribution in [0, 0.1) is 0 Å². The van der Waals surface area contributed by atoms with Crippen LogP contribution in [0.3, 0.4) is 0 Å². The molecule has 1 rings (SSSR count). The van der Waals surface area contributed by atoms with Crippen molar-refractivity contribution in [3.63, 3.8) is 0 Å². The lowest BCUT2D eigenvalue weighted by Crippen LogP contribution is -2.87. The number of rotatable bonds is 2. The van der Waals surface area contributed by atoms with Gasteiger partial charge in [-0.3, -0.25) is 0 Å². The first-order valence-corrected chi connectivity index (χ1v) is 5.50. The number of hydrogen-bond donors (Lipinski definition) is 1. The Balaban J connectivity index is 3.94. The Labute approximate surface area is 120 Å². The summed E-state index contributed by atoms with van der Waals surface area (Å²) >= 11 is -2.42. The lowest BCUT2D eigenvalue weighted by molar-refractivity contribution is -0.484. The number of halogens is 13. The molecule has 0 bridgehead atoms. The van der Waals surface area contributed by atoms with Crippen molar-refractivity contribution >= 4 is 12.0 Å². The predicted molar refractivity (Wildman–Crippen MR) is 44.8 cm³/mol. The minimum atomic E-state index is -7.83. The third-order valence-electron chi connectivity index (χ3n) is 3.00. The Morgan fingerprint density at radius 2 is 0.957 bits per heavy atom. The van der Waals surface area contributed by atoms with Gasteiger partial charge in [-0.25, -0.2) is 14.0 Å². The Kier molecular flexibility index (Phi) is 4.18. The molecular formula is C7HF13O2S. The minimum Gasteiger partial charge on any atom is -0.239 e. The van der Waals surface area contributed by atoms with E-state index in [2.05, 4.69) is 4.33 Å². The van der Waals surface area contributed by atoms with Crippen LogP contribution in [0.25, 0.3) is 0 Å². The molecule has 1 N–H and O–H groups in total. The topological polar surface area (TPSA) is 29.5 Å².